The van der Waals surface area contributed by atoms with E-state index < -0.39 is 0 Å². The van der Waals surface area contributed by atoms with Crippen LogP contribution in [-0.4, -0.2) is 47.1 Å². The van der Waals surface area contributed by atoms with E-state index in [4.69, 9.17) is 4.74 Å². The van der Waals surface area contributed by atoms with Crippen molar-refractivity contribution in [2.24, 2.45) is 5.92 Å². The number of carbonyl (C=O) groups excluding carboxylic acids is 1. The van der Waals surface area contributed by atoms with Crippen LogP contribution in [-0.2, 0) is 11.4 Å². The minimum absolute atomic E-state index is 0.00411. The molecule has 4 rings (SSSR count). The number of aliphatic hydroxyl groups excluding tert-OH is 1. The summed E-state index contributed by atoms with van der Waals surface area (Å²) in [4.78, 5) is 20.0. The molecule has 0 bridgehead atoms. The summed E-state index contributed by atoms with van der Waals surface area (Å²) in [5.41, 5.74) is 2.60. The Labute approximate surface area is 195 Å². The molecule has 6 nitrogen and oxygen atoms in total. The number of rotatable bonds is 9. The second kappa shape index (κ2) is 11.6. The summed E-state index contributed by atoms with van der Waals surface area (Å²) in [5, 5.41) is 12.6. The molecule has 1 amide bonds. The average molecular weight is 446 g/mol. The summed E-state index contributed by atoms with van der Waals surface area (Å²) in [6, 6.07) is 22.9. The van der Waals surface area contributed by atoms with Crippen molar-refractivity contribution in [1.29, 1.82) is 0 Å². The van der Waals surface area contributed by atoms with E-state index in [1.807, 2.05) is 72.8 Å². The third kappa shape index (κ3) is 6.40. The van der Waals surface area contributed by atoms with Gasteiger partial charge in [0.05, 0.1) is 18.3 Å². The number of aromatic nitrogens is 1. The van der Waals surface area contributed by atoms with Crippen LogP contribution >= 0.6 is 0 Å². The monoisotopic (exact) mass is 445 g/mol. The van der Waals surface area contributed by atoms with Crippen LogP contribution in [0.15, 0.2) is 79.0 Å². The van der Waals surface area contributed by atoms with Crippen LogP contribution in [0.3, 0.4) is 0 Å². The van der Waals surface area contributed by atoms with Crippen molar-refractivity contribution in [3.63, 3.8) is 0 Å². The fourth-order valence-corrected chi connectivity index (χ4v) is 4.18. The zero-order valence-corrected chi connectivity index (χ0v) is 18.8. The van der Waals surface area contributed by atoms with E-state index in [-0.39, 0.29) is 24.5 Å². The highest BCUT2D eigenvalue weighted by Gasteiger charge is 2.27. The lowest BCUT2D eigenvalue weighted by Gasteiger charge is -2.32. The third-order valence-electron chi connectivity index (χ3n) is 6.14. The second-order valence-electron chi connectivity index (χ2n) is 8.37. The number of para-hydroxylation sites is 1. The van der Waals surface area contributed by atoms with E-state index in [1.54, 1.807) is 6.20 Å². The molecule has 2 N–H and O–H groups in total. The van der Waals surface area contributed by atoms with Gasteiger partial charge in [-0.3, -0.25) is 14.7 Å². The smallest absolute Gasteiger partial charge is 0.224 e. The first-order chi connectivity index (χ1) is 16.2. The van der Waals surface area contributed by atoms with Crippen LogP contribution in [0, 0.1) is 5.92 Å². The number of carbonyl (C=O) groups is 1. The van der Waals surface area contributed by atoms with Crippen LogP contribution in [0.25, 0.3) is 0 Å². The highest BCUT2D eigenvalue weighted by atomic mass is 16.5. The summed E-state index contributed by atoms with van der Waals surface area (Å²) in [6.07, 6.45) is 3.40. The molecule has 1 aliphatic heterocycles. The molecule has 172 valence electrons. The number of amides is 1. The van der Waals surface area contributed by atoms with Gasteiger partial charge >= 0.3 is 0 Å². The Morgan fingerprint density at radius 1 is 1.03 bits per heavy atom. The minimum Gasteiger partial charge on any atom is -0.492 e. The first kappa shape index (κ1) is 23.0. The molecular formula is C27H31N3O3. The van der Waals surface area contributed by atoms with Crippen molar-refractivity contribution in [3.8, 4) is 5.75 Å². The Morgan fingerprint density at radius 3 is 2.42 bits per heavy atom. The average Bonchev–Trinajstić information content (AvgIpc) is 2.89. The summed E-state index contributed by atoms with van der Waals surface area (Å²) >= 11 is 0. The van der Waals surface area contributed by atoms with Crippen LogP contribution < -0.4 is 10.1 Å². The first-order valence-electron chi connectivity index (χ1n) is 11.5. The fraction of sp³-hybridized carbons (Fsp3) is 0.333. The Hall–Kier alpha value is -3.22. The van der Waals surface area contributed by atoms with E-state index in [2.05, 4.69) is 15.2 Å². The molecule has 0 spiro atoms. The standard InChI is InChI=1S/C27H31N3O3/c31-20-21-9-11-22(12-10-21)26(25-8-4-5-15-28-25)29-27(32)23-13-16-30(17-14-23)18-19-33-24-6-2-1-3-7-24/h1-12,15,23,26,31H,13-14,16-20H2,(H,29,32). The molecule has 1 unspecified atom stereocenters. The first-order valence-corrected chi connectivity index (χ1v) is 11.5. The predicted molar refractivity (Wildman–Crippen MR) is 128 cm³/mol. The maximum absolute atomic E-state index is 13.2. The van der Waals surface area contributed by atoms with Gasteiger partial charge in [0.15, 0.2) is 0 Å². The molecule has 1 atom stereocenters. The fourth-order valence-electron chi connectivity index (χ4n) is 4.18. The van der Waals surface area contributed by atoms with E-state index in [9.17, 15) is 9.90 Å². The summed E-state index contributed by atoms with van der Waals surface area (Å²) in [7, 11) is 0. The van der Waals surface area contributed by atoms with Crippen molar-refractivity contribution < 1.29 is 14.6 Å². The lowest BCUT2D eigenvalue weighted by molar-refractivity contribution is -0.127. The molecule has 1 aromatic heterocycles. The van der Waals surface area contributed by atoms with Gasteiger partial charge in [0.2, 0.25) is 5.91 Å². The molecule has 0 radical (unpaired) electrons. The van der Waals surface area contributed by atoms with Crippen molar-refractivity contribution in [1.82, 2.24) is 15.2 Å². The number of benzene rings is 2. The summed E-state index contributed by atoms with van der Waals surface area (Å²) in [6.45, 7) is 3.27. The topological polar surface area (TPSA) is 74.7 Å². The molecule has 0 saturated carbocycles. The molecule has 1 fully saturated rings. The molecule has 33 heavy (non-hydrogen) atoms. The van der Waals surface area contributed by atoms with Gasteiger partial charge in [0.1, 0.15) is 12.4 Å². The lowest BCUT2D eigenvalue weighted by Crippen LogP contribution is -2.42. The molecular weight excluding hydrogens is 414 g/mol. The molecule has 1 aliphatic rings. The zero-order valence-electron chi connectivity index (χ0n) is 18.8. The normalized spacial score (nSPS) is 15.7. The predicted octanol–water partition coefficient (Wildman–Crippen LogP) is 3.57. The maximum Gasteiger partial charge on any atom is 0.224 e. The van der Waals surface area contributed by atoms with Crippen LogP contribution in [0.2, 0.25) is 0 Å². The van der Waals surface area contributed by atoms with Gasteiger partial charge in [-0.1, -0.05) is 48.5 Å². The van der Waals surface area contributed by atoms with Gasteiger partial charge in [-0.2, -0.15) is 0 Å². The van der Waals surface area contributed by atoms with Gasteiger partial charge in [0, 0.05) is 18.7 Å². The number of likely N-dealkylation sites (tertiary alicyclic amines) is 1. The Balaban J connectivity index is 1.32. The number of aliphatic hydroxyl groups is 1. The summed E-state index contributed by atoms with van der Waals surface area (Å²) < 4.78 is 5.81. The molecule has 1 saturated heterocycles. The molecule has 2 aromatic carbocycles. The van der Waals surface area contributed by atoms with E-state index in [1.165, 1.54) is 0 Å². The number of hydrogen-bond acceptors (Lipinski definition) is 5. The zero-order chi connectivity index (χ0) is 22.9. The molecule has 3 aromatic rings. The number of piperidine rings is 1. The Kier molecular flexibility index (Phi) is 8.06. The van der Waals surface area contributed by atoms with E-state index in [0.29, 0.717) is 6.61 Å². The van der Waals surface area contributed by atoms with Gasteiger partial charge in [0.25, 0.3) is 0 Å². The largest absolute Gasteiger partial charge is 0.492 e. The number of ether oxygens (including phenoxy) is 1. The SMILES string of the molecule is O=C(NC(c1ccc(CO)cc1)c1ccccn1)C1CCN(CCOc2ccccc2)CC1. The highest BCUT2D eigenvalue weighted by molar-refractivity contribution is 5.79. The molecule has 6 heteroatoms. The quantitative estimate of drug-likeness (QED) is 0.527. The van der Waals surface area contributed by atoms with E-state index in [0.717, 1.165) is 55.0 Å². The minimum atomic E-state index is -0.316. The Morgan fingerprint density at radius 2 is 1.76 bits per heavy atom. The van der Waals surface area contributed by atoms with Crippen molar-refractivity contribution in [2.75, 3.05) is 26.2 Å². The van der Waals surface area contributed by atoms with Crippen molar-refractivity contribution in [2.45, 2.75) is 25.5 Å². The number of nitrogens with one attached hydrogen (secondary N) is 1. The van der Waals surface area contributed by atoms with Crippen LogP contribution in [0.4, 0.5) is 0 Å². The van der Waals surface area contributed by atoms with Gasteiger partial charge in [-0.15, -0.1) is 0 Å². The van der Waals surface area contributed by atoms with Gasteiger partial charge in [-0.25, -0.2) is 0 Å². The molecule has 2 heterocycles. The number of nitrogens with zero attached hydrogens (tertiary/aromatic N) is 2. The highest BCUT2D eigenvalue weighted by Crippen LogP contribution is 2.24. The number of hydrogen-bond donors (Lipinski definition) is 2. The van der Waals surface area contributed by atoms with Gasteiger partial charge in [-0.05, 0) is 61.3 Å². The Bertz CT molecular complexity index is 988. The molecule has 0 aliphatic carbocycles. The van der Waals surface area contributed by atoms with Crippen LogP contribution in [0.1, 0.15) is 35.7 Å². The number of pyridine rings is 1. The summed E-state index contributed by atoms with van der Waals surface area (Å²) in [5.74, 6) is 0.940. The lowest BCUT2D eigenvalue weighted by atomic mass is 9.94. The van der Waals surface area contributed by atoms with Crippen molar-refractivity contribution in [3.05, 3.63) is 95.8 Å². The maximum atomic E-state index is 13.2. The van der Waals surface area contributed by atoms with Crippen molar-refractivity contribution >= 4 is 5.91 Å². The third-order valence-corrected chi connectivity index (χ3v) is 6.14. The van der Waals surface area contributed by atoms with E-state index >= 15 is 0 Å². The second-order valence-corrected chi connectivity index (χ2v) is 8.37. The van der Waals surface area contributed by atoms with Crippen LogP contribution in [0.5, 0.6) is 5.75 Å². The van der Waals surface area contributed by atoms with Gasteiger partial charge < -0.3 is 15.2 Å².